The number of anilines is 1. The molecule has 0 heterocycles. The Bertz CT molecular complexity index is 1000. The highest BCUT2D eigenvalue weighted by atomic mass is 35.5. The van der Waals surface area contributed by atoms with Crippen LogP contribution in [-0.4, -0.2) is 13.3 Å². The van der Waals surface area contributed by atoms with Gasteiger partial charge in [0, 0.05) is 5.02 Å². The molecule has 156 valence electrons. The summed E-state index contributed by atoms with van der Waals surface area (Å²) in [5.41, 5.74) is 4.11. The van der Waals surface area contributed by atoms with E-state index in [4.69, 9.17) is 21.1 Å². The van der Waals surface area contributed by atoms with Crippen molar-refractivity contribution >= 4 is 23.5 Å². The topological polar surface area (TPSA) is 42.8 Å². The third kappa shape index (κ3) is 5.90. The molecule has 0 aliphatic carbocycles. The number of alkyl halides is 3. The molecular formula is C22H18ClF3N2O2. The van der Waals surface area contributed by atoms with Crippen LogP contribution in [0.4, 0.5) is 18.9 Å². The van der Waals surface area contributed by atoms with Crippen molar-refractivity contribution < 1.29 is 22.6 Å². The normalized spacial score (nSPS) is 11.5. The molecule has 0 saturated heterocycles. The van der Waals surface area contributed by atoms with Gasteiger partial charge in [0.1, 0.15) is 6.61 Å². The van der Waals surface area contributed by atoms with Crippen LogP contribution in [0.5, 0.6) is 11.5 Å². The van der Waals surface area contributed by atoms with Gasteiger partial charge in [0.15, 0.2) is 11.5 Å². The number of methoxy groups -OCH3 is 1. The van der Waals surface area contributed by atoms with Crippen LogP contribution in [-0.2, 0) is 12.8 Å². The molecule has 3 aromatic rings. The van der Waals surface area contributed by atoms with Gasteiger partial charge in [-0.25, -0.2) is 0 Å². The molecule has 0 fully saturated rings. The van der Waals surface area contributed by atoms with E-state index in [2.05, 4.69) is 10.5 Å². The first-order chi connectivity index (χ1) is 14.3. The van der Waals surface area contributed by atoms with Crippen LogP contribution in [0, 0.1) is 0 Å². The Morgan fingerprint density at radius 1 is 0.967 bits per heavy atom. The zero-order chi connectivity index (χ0) is 21.6. The molecule has 1 N–H and O–H groups in total. The monoisotopic (exact) mass is 434 g/mol. The second-order valence-electron chi connectivity index (χ2n) is 6.27. The SMILES string of the molecule is COc1cc(C=NNc2ccc(C(F)(F)F)cc2)ccc1OCc1ccc(Cl)cc1. The Labute approximate surface area is 176 Å². The molecule has 8 heteroatoms. The third-order valence-electron chi connectivity index (χ3n) is 4.11. The lowest BCUT2D eigenvalue weighted by Gasteiger charge is -2.11. The van der Waals surface area contributed by atoms with Crippen molar-refractivity contribution in [2.45, 2.75) is 12.8 Å². The van der Waals surface area contributed by atoms with E-state index in [-0.39, 0.29) is 0 Å². The molecular weight excluding hydrogens is 417 g/mol. The Morgan fingerprint density at radius 3 is 2.30 bits per heavy atom. The quantitative estimate of drug-likeness (QED) is 0.346. The van der Waals surface area contributed by atoms with Crippen LogP contribution in [0.15, 0.2) is 71.8 Å². The summed E-state index contributed by atoms with van der Waals surface area (Å²) in [5, 5.41) is 4.70. The summed E-state index contributed by atoms with van der Waals surface area (Å²) in [7, 11) is 1.53. The van der Waals surface area contributed by atoms with E-state index in [0.29, 0.717) is 28.8 Å². The maximum atomic E-state index is 12.6. The van der Waals surface area contributed by atoms with Crippen LogP contribution in [0.1, 0.15) is 16.7 Å². The highest BCUT2D eigenvalue weighted by molar-refractivity contribution is 6.30. The highest BCUT2D eigenvalue weighted by Crippen LogP contribution is 2.30. The van der Waals surface area contributed by atoms with Crippen LogP contribution >= 0.6 is 11.6 Å². The number of rotatable bonds is 7. The molecule has 0 radical (unpaired) electrons. The van der Waals surface area contributed by atoms with E-state index in [1.807, 2.05) is 12.1 Å². The first kappa shape index (κ1) is 21.5. The van der Waals surface area contributed by atoms with Crippen LogP contribution in [0.25, 0.3) is 0 Å². The summed E-state index contributed by atoms with van der Waals surface area (Å²) >= 11 is 5.88. The van der Waals surface area contributed by atoms with Crippen molar-refractivity contribution in [3.05, 3.63) is 88.4 Å². The van der Waals surface area contributed by atoms with E-state index < -0.39 is 11.7 Å². The molecule has 0 aromatic heterocycles. The van der Waals surface area contributed by atoms with Crippen LogP contribution in [0.3, 0.4) is 0 Å². The van der Waals surface area contributed by atoms with E-state index >= 15 is 0 Å². The van der Waals surface area contributed by atoms with Crippen molar-refractivity contribution in [3.63, 3.8) is 0 Å². The second-order valence-corrected chi connectivity index (χ2v) is 6.71. The molecule has 0 amide bonds. The zero-order valence-corrected chi connectivity index (χ0v) is 16.7. The number of nitrogens with zero attached hydrogens (tertiary/aromatic N) is 1. The summed E-state index contributed by atoms with van der Waals surface area (Å²) in [6, 6.07) is 17.2. The van der Waals surface area contributed by atoms with Gasteiger partial charge in [-0.1, -0.05) is 23.7 Å². The van der Waals surface area contributed by atoms with E-state index in [9.17, 15) is 13.2 Å². The summed E-state index contributed by atoms with van der Waals surface area (Å²) < 4.78 is 48.9. The fourth-order valence-corrected chi connectivity index (χ4v) is 2.67. The Kier molecular flexibility index (Phi) is 6.84. The average molecular weight is 435 g/mol. The predicted molar refractivity (Wildman–Crippen MR) is 111 cm³/mol. The van der Waals surface area contributed by atoms with Crippen molar-refractivity contribution in [1.82, 2.24) is 0 Å². The lowest BCUT2D eigenvalue weighted by Crippen LogP contribution is -2.04. The Morgan fingerprint density at radius 2 is 1.67 bits per heavy atom. The van der Waals surface area contributed by atoms with Gasteiger partial charge in [0.2, 0.25) is 0 Å². The van der Waals surface area contributed by atoms with Crippen LogP contribution in [0.2, 0.25) is 5.02 Å². The minimum Gasteiger partial charge on any atom is -0.493 e. The van der Waals surface area contributed by atoms with Crippen LogP contribution < -0.4 is 14.9 Å². The minimum absolute atomic E-state index is 0.358. The standard InChI is InChI=1S/C22H18ClF3N2O2/c1-29-21-12-16(4-11-20(21)30-14-15-2-7-18(23)8-3-15)13-27-28-19-9-5-17(6-10-19)22(24,25)26/h2-13,28H,14H2,1H3. The minimum atomic E-state index is -4.37. The van der Waals surface area contributed by atoms with E-state index in [1.165, 1.54) is 25.5 Å². The van der Waals surface area contributed by atoms with E-state index in [1.54, 1.807) is 30.3 Å². The van der Waals surface area contributed by atoms with Gasteiger partial charge in [-0.15, -0.1) is 0 Å². The number of hydrazone groups is 1. The van der Waals surface area contributed by atoms with Crippen molar-refractivity contribution in [3.8, 4) is 11.5 Å². The number of hydrogen-bond donors (Lipinski definition) is 1. The molecule has 0 bridgehead atoms. The van der Waals surface area contributed by atoms with Crippen molar-refractivity contribution in [1.29, 1.82) is 0 Å². The summed E-state index contributed by atoms with van der Waals surface area (Å²) in [5.74, 6) is 1.10. The number of ether oxygens (including phenoxy) is 2. The largest absolute Gasteiger partial charge is 0.493 e. The molecule has 0 atom stereocenters. The maximum absolute atomic E-state index is 12.6. The average Bonchev–Trinajstić information content (AvgIpc) is 2.73. The fourth-order valence-electron chi connectivity index (χ4n) is 2.54. The number of halogens is 4. The van der Waals surface area contributed by atoms with Gasteiger partial charge >= 0.3 is 6.18 Å². The summed E-state index contributed by atoms with van der Waals surface area (Å²) in [6.07, 6.45) is -2.83. The Balaban J connectivity index is 1.61. The lowest BCUT2D eigenvalue weighted by atomic mass is 10.2. The third-order valence-corrected chi connectivity index (χ3v) is 4.37. The molecule has 3 aromatic carbocycles. The molecule has 0 unspecified atom stereocenters. The molecule has 0 aliphatic rings. The van der Waals surface area contributed by atoms with Gasteiger partial charge in [0.05, 0.1) is 24.6 Å². The molecule has 0 aliphatic heterocycles. The lowest BCUT2D eigenvalue weighted by molar-refractivity contribution is -0.137. The molecule has 3 rings (SSSR count). The van der Waals surface area contributed by atoms with E-state index in [0.717, 1.165) is 23.3 Å². The first-order valence-corrected chi connectivity index (χ1v) is 9.24. The van der Waals surface area contributed by atoms with Crippen molar-refractivity contribution in [2.75, 3.05) is 12.5 Å². The highest BCUT2D eigenvalue weighted by Gasteiger charge is 2.29. The van der Waals surface area contributed by atoms with Crippen molar-refractivity contribution in [2.24, 2.45) is 5.10 Å². The van der Waals surface area contributed by atoms with Gasteiger partial charge < -0.3 is 9.47 Å². The molecule has 4 nitrogen and oxygen atoms in total. The van der Waals surface area contributed by atoms with Gasteiger partial charge in [-0.2, -0.15) is 18.3 Å². The first-order valence-electron chi connectivity index (χ1n) is 8.87. The molecule has 0 spiro atoms. The molecule has 30 heavy (non-hydrogen) atoms. The smallest absolute Gasteiger partial charge is 0.416 e. The number of benzene rings is 3. The predicted octanol–water partition coefficient (Wildman–Crippen LogP) is 6.39. The zero-order valence-electron chi connectivity index (χ0n) is 15.9. The van der Waals surface area contributed by atoms with Gasteiger partial charge in [-0.05, 0) is 65.7 Å². The number of nitrogens with one attached hydrogen (secondary N) is 1. The molecule has 0 saturated carbocycles. The Hall–Kier alpha value is -3.19. The van der Waals surface area contributed by atoms with Gasteiger partial charge in [0.25, 0.3) is 0 Å². The maximum Gasteiger partial charge on any atom is 0.416 e. The van der Waals surface area contributed by atoms with Gasteiger partial charge in [-0.3, -0.25) is 5.43 Å². The summed E-state index contributed by atoms with van der Waals surface area (Å²) in [6.45, 7) is 0.358. The summed E-state index contributed by atoms with van der Waals surface area (Å²) in [4.78, 5) is 0. The number of hydrogen-bond acceptors (Lipinski definition) is 4. The second kappa shape index (κ2) is 9.54. The fraction of sp³-hybridized carbons (Fsp3) is 0.136.